The molecule has 3 heteroatoms. The van der Waals surface area contributed by atoms with Crippen LogP contribution in [0.1, 0.15) is 43.4 Å². The Bertz CT molecular complexity index is 580. The van der Waals surface area contributed by atoms with Crippen molar-refractivity contribution in [1.82, 2.24) is 5.32 Å². The molecule has 0 aliphatic carbocycles. The third kappa shape index (κ3) is 4.18. The molecule has 1 amide bonds. The minimum absolute atomic E-state index is 0.0169. The van der Waals surface area contributed by atoms with Gasteiger partial charge in [-0.2, -0.15) is 0 Å². The average molecular weight is 346 g/mol. The minimum Gasteiger partial charge on any atom is -0.349 e. The number of nitrogens with one attached hydrogen (secondary N) is 1. The topological polar surface area (TPSA) is 29.1 Å². The molecule has 0 spiro atoms. The molecule has 0 aromatic heterocycles. The molecule has 0 saturated heterocycles. The second-order valence-corrected chi connectivity index (χ2v) is 6.07. The van der Waals surface area contributed by atoms with Crippen molar-refractivity contribution in [2.45, 2.75) is 32.2 Å². The van der Waals surface area contributed by atoms with Crippen LogP contribution in [0.25, 0.3) is 0 Å². The zero-order valence-electron chi connectivity index (χ0n) is 12.3. The molecule has 2 nitrogen and oxygen atoms in total. The first-order valence-corrected chi connectivity index (χ1v) is 8.02. The molecule has 2 aromatic rings. The zero-order chi connectivity index (χ0) is 15.2. The summed E-state index contributed by atoms with van der Waals surface area (Å²) in [4.78, 5) is 12.5. The van der Waals surface area contributed by atoms with Crippen LogP contribution in [0.4, 0.5) is 0 Å². The van der Waals surface area contributed by atoms with Gasteiger partial charge in [0.2, 0.25) is 5.91 Å². The fourth-order valence-electron chi connectivity index (χ4n) is 2.41. The number of hydrogen-bond acceptors (Lipinski definition) is 1. The van der Waals surface area contributed by atoms with E-state index in [1.165, 1.54) is 0 Å². The van der Waals surface area contributed by atoms with Crippen molar-refractivity contribution >= 4 is 21.8 Å². The molecule has 2 atom stereocenters. The number of rotatable bonds is 5. The number of carbonyl (C=O) groups excluding carboxylic acids is 1. The van der Waals surface area contributed by atoms with Crippen LogP contribution in [0.5, 0.6) is 0 Å². The van der Waals surface area contributed by atoms with Crippen LogP contribution in [0.2, 0.25) is 0 Å². The van der Waals surface area contributed by atoms with E-state index < -0.39 is 0 Å². The van der Waals surface area contributed by atoms with Crippen molar-refractivity contribution in [1.29, 1.82) is 0 Å². The van der Waals surface area contributed by atoms with Crippen molar-refractivity contribution < 1.29 is 4.79 Å². The lowest BCUT2D eigenvalue weighted by molar-refractivity contribution is -0.123. The summed E-state index contributed by atoms with van der Waals surface area (Å²) in [6.45, 7) is 4.06. The fourth-order valence-corrected chi connectivity index (χ4v) is 2.67. The van der Waals surface area contributed by atoms with Crippen LogP contribution in [0.15, 0.2) is 59.1 Å². The second-order valence-electron chi connectivity index (χ2n) is 5.15. The van der Waals surface area contributed by atoms with E-state index in [4.69, 9.17) is 0 Å². The molecule has 1 N–H and O–H groups in total. The Morgan fingerprint density at radius 1 is 1.05 bits per heavy atom. The van der Waals surface area contributed by atoms with Gasteiger partial charge in [-0.25, -0.2) is 0 Å². The molecular weight excluding hydrogens is 326 g/mol. The van der Waals surface area contributed by atoms with Crippen LogP contribution in [-0.4, -0.2) is 5.91 Å². The number of hydrogen-bond donors (Lipinski definition) is 1. The van der Waals surface area contributed by atoms with Gasteiger partial charge < -0.3 is 5.32 Å². The Morgan fingerprint density at radius 3 is 2.24 bits per heavy atom. The van der Waals surface area contributed by atoms with E-state index in [9.17, 15) is 4.79 Å². The van der Waals surface area contributed by atoms with E-state index in [0.29, 0.717) is 0 Å². The lowest BCUT2D eigenvalue weighted by Gasteiger charge is -2.20. The summed E-state index contributed by atoms with van der Waals surface area (Å²) in [5.74, 6) is -0.0274. The van der Waals surface area contributed by atoms with Gasteiger partial charge in [0.1, 0.15) is 0 Å². The zero-order valence-corrected chi connectivity index (χ0v) is 13.9. The van der Waals surface area contributed by atoms with Gasteiger partial charge in [0.25, 0.3) is 0 Å². The maximum atomic E-state index is 12.5. The van der Waals surface area contributed by atoms with Crippen LogP contribution in [-0.2, 0) is 4.79 Å². The van der Waals surface area contributed by atoms with Crippen molar-refractivity contribution in [2.75, 3.05) is 0 Å². The number of carbonyl (C=O) groups is 1. The maximum absolute atomic E-state index is 12.5. The molecule has 2 rings (SSSR count). The van der Waals surface area contributed by atoms with Crippen molar-refractivity contribution in [3.05, 3.63) is 70.2 Å². The quantitative estimate of drug-likeness (QED) is 0.826. The van der Waals surface area contributed by atoms with Gasteiger partial charge in [0, 0.05) is 4.47 Å². The molecule has 2 aromatic carbocycles. The molecule has 110 valence electrons. The van der Waals surface area contributed by atoms with Crippen molar-refractivity contribution in [3.63, 3.8) is 0 Å². The number of amides is 1. The fraction of sp³-hybridized carbons (Fsp3) is 0.278. The van der Waals surface area contributed by atoms with E-state index >= 15 is 0 Å². The standard InChI is InChI=1S/C18H20BrNO/c1-3-17(15-9-11-16(19)12-10-15)18(21)20-13(2)14-7-5-4-6-8-14/h4-13,17H,3H2,1-2H3,(H,20,21)/t13-,17-/m1/s1. The minimum atomic E-state index is -0.107. The first kappa shape index (κ1) is 15.8. The van der Waals surface area contributed by atoms with E-state index in [1.807, 2.05) is 68.4 Å². The monoisotopic (exact) mass is 345 g/mol. The Balaban J connectivity index is 2.08. The van der Waals surface area contributed by atoms with Crippen LogP contribution < -0.4 is 5.32 Å². The largest absolute Gasteiger partial charge is 0.349 e. The van der Waals surface area contributed by atoms with Crippen molar-refractivity contribution in [2.24, 2.45) is 0 Å². The normalized spacial score (nSPS) is 13.5. The van der Waals surface area contributed by atoms with Gasteiger partial charge in [0.15, 0.2) is 0 Å². The molecule has 0 aliphatic heterocycles. The van der Waals surface area contributed by atoms with Crippen LogP contribution in [0, 0.1) is 0 Å². The van der Waals surface area contributed by atoms with Gasteiger partial charge in [-0.1, -0.05) is 65.3 Å². The summed E-state index contributed by atoms with van der Waals surface area (Å²) in [6, 6.07) is 18.0. The maximum Gasteiger partial charge on any atom is 0.228 e. The van der Waals surface area contributed by atoms with Crippen molar-refractivity contribution in [3.8, 4) is 0 Å². The predicted octanol–water partition coefficient (Wildman–Crippen LogP) is 4.82. The SMILES string of the molecule is CC[C@@H](C(=O)N[C@H](C)c1ccccc1)c1ccc(Br)cc1. The first-order valence-electron chi connectivity index (χ1n) is 7.22. The Morgan fingerprint density at radius 2 is 1.67 bits per heavy atom. The molecule has 0 saturated carbocycles. The van der Waals surface area contributed by atoms with E-state index in [1.54, 1.807) is 0 Å². The molecule has 0 fully saturated rings. The van der Waals surface area contributed by atoms with Gasteiger partial charge >= 0.3 is 0 Å². The summed E-state index contributed by atoms with van der Waals surface area (Å²) < 4.78 is 1.03. The first-order chi connectivity index (χ1) is 10.1. The van der Waals surface area contributed by atoms with Gasteiger partial charge in [-0.3, -0.25) is 4.79 Å². The summed E-state index contributed by atoms with van der Waals surface area (Å²) in [7, 11) is 0. The van der Waals surface area contributed by atoms with E-state index in [-0.39, 0.29) is 17.9 Å². The molecule has 21 heavy (non-hydrogen) atoms. The average Bonchev–Trinajstić information content (AvgIpc) is 2.50. The van der Waals surface area contributed by atoms with Gasteiger partial charge in [0.05, 0.1) is 12.0 Å². The van der Waals surface area contributed by atoms with E-state index in [0.717, 1.165) is 22.0 Å². The summed E-state index contributed by atoms with van der Waals surface area (Å²) in [6.07, 6.45) is 0.787. The summed E-state index contributed by atoms with van der Waals surface area (Å²) in [5, 5.41) is 3.11. The Labute approximate surface area is 134 Å². The third-order valence-electron chi connectivity index (χ3n) is 3.66. The van der Waals surface area contributed by atoms with E-state index in [2.05, 4.69) is 21.2 Å². The lowest BCUT2D eigenvalue weighted by atomic mass is 9.95. The molecule has 0 bridgehead atoms. The highest BCUT2D eigenvalue weighted by atomic mass is 79.9. The van der Waals surface area contributed by atoms with Gasteiger partial charge in [-0.05, 0) is 36.6 Å². The summed E-state index contributed by atoms with van der Waals surface area (Å²) in [5.41, 5.74) is 2.18. The molecule has 0 radical (unpaired) electrons. The molecular formula is C18H20BrNO. The number of halogens is 1. The van der Waals surface area contributed by atoms with Crippen LogP contribution in [0.3, 0.4) is 0 Å². The van der Waals surface area contributed by atoms with Gasteiger partial charge in [-0.15, -0.1) is 0 Å². The summed E-state index contributed by atoms with van der Waals surface area (Å²) >= 11 is 3.42. The number of benzene rings is 2. The highest BCUT2D eigenvalue weighted by Gasteiger charge is 2.20. The predicted molar refractivity (Wildman–Crippen MR) is 90.2 cm³/mol. The second kappa shape index (κ2) is 7.41. The Hall–Kier alpha value is -1.61. The van der Waals surface area contributed by atoms with Crippen LogP contribution >= 0.6 is 15.9 Å². The third-order valence-corrected chi connectivity index (χ3v) is 4.18. The molecule has 0 unspecified atom stereocenters. The highest BCUT2D eigenvalue weighted by Crippen LogP contribution is 2.23. The Kier molecular flexibility index (Phi) is 5.57. The molecule has 0 aliphatic rings. The molecule has 0 heterocycles. The lowest BCUT2D eigenvalue weighted by Crippen LogP contribution is -2.31. The highest BCUT2D eigenvalue weighted by molar-refractivity contribution is 9.10. The smallest absolute Gasteiger partial charge is 0.228 e.